The molecule has 0 spiro atoms. The summed E-state index contributed by atoms with van der Waals surface area (Å²) in [5.41, 5.74) is 0.125. The van der Waals surface area contributed by atoms with Gasteiger partial charge in [-0.3, -0.25) is 9.36 Å². The van der Waals surface area contributed by atoms with Gasteiger partial charge in [-0.1, -0.05) is 37.1 Å². The molecule has 1 aliphatic rings. The lowest BCUT2D eigenvalue weighted by Crippen LogP contribution is -2.50. The first-order valence-electron chi connectivity index (χ1n) is 9.01. The summed E-state index contributed by atoms with van der Waals surface area (Å²) in [6.07, 6.45) is 6.10. The van der Waals surface area contributed by atoms with Crippen molar-refractivity contribution in [2.75, 3.05) is 7.11 Å². The molecule has 0 radical (unpaired) electrons. The Morgan fingerprint density at radius 1 is 1.41 bits per heavy atom. The molecular formula is C19H23N5O2S. The second-order valence-electron chi connectivity index (χ2n) is 6.69. The third kappa shape index (κ3) is 4.42. The van der Waals surface area contributed by atoms with Gasteiger partial charge in [-0.15, -0.1) is 10.2 Å². The highest BCUT2D eigenvalue weighted by molar-refractivity contribution is 8.00. The maximum absolute atomic E-state index is 12.7. The Bertz CT molecular complexity index is 839. The Morgan fingerprint density at radius 3 is 2.89 bits per heavy atom. The molecule has 1 aliphatic carbocycles. The molecule has 1 aromatic heterocycles. The van der Waals surface area contributed by atoms with Crippen LogP contribution in [-0.2, 0) is 4.79 Å². The van der Waals surface area contributed by atoms with E-state index in [0.29, 0.717) is 18.0 Å². The Hall–Kier alpha value is -2.53. The van der Waals surface area contributed by atoms with Gasteiger partial charge in [0, 0.05) is 6.07 Å². The predicted octanol–water partition coefficient (Wildman–Crippen LogP) is 3.10. The van der Waals surface area contributed by atoms with Crippen molar-refractivity contribution in [3.05, 3.63) is 30.6 Å². The summed E-state index contributed by atoms with van der Waals surface area (Å²) in [7, 11) is 1.61. The summed E-state index contributed by atoms with van der Waals surface area (Å²) in [6, 6.07) is 9.88. The van der Waals surface area contributed by atoms with Crippen molar-refractivity contribution in [3.8, 4) is 17.5 Å². The molecule has 1 aromatic carbocycles. The lowest BCUT2D eigenvalue weighted by atomic mass is 9.83. The van der Waals surface area contributed by atoms with Crippen molar-refractivity contribution in [1.29, 1.82) is 5.26 Å². The van der Waals surface area contributed by atoms with E-state index in [2.05, 4.69) is 21.6 Å². The maximum atomic E-state index is 12.7. The van der Waals surface area contributed by atoms with E-state index >= 15 is 0 Å². The molecular weight excluding hydrogens is 362 g/mol. The molecule has 2 aromatic rings. The highest BCUT2D eigenvalue weighted by Crippen LogP contribution is 2.30. The molecule has 0 aliphatic heterocycles. The normalized spacial score (nSPS) is 16.9. The molecule has 1 amide bonds. The van der Waals surface area contributed by atoms with Gasteiger partial charge in [0.25, 0.3) is 0 Å². The van der Waals surface area contributed by atoms with Gasteiger partial charge in [-0.25, -0.2) is 0 Å². The Labute approximate surface area is 163 Å². The van der Waals surface area contributed by atoms with Gasteiger partial charge in [0.2, 0.25) is 5.91 Å². The number of nitrogens with zero attached hydrogens (tertiary/aromatic N) is 4. The van der Waals surface area contributed by atoms with Crippen LogP contribution in [0.2, 0.25) is 0 Å². The molecule has 1 atom stereocenters. The second-order valence-corrected chi connectivity index (χ2v) is 8.00. The van der Waals surface area contributed by atoms with Crippen LogP contribution < -0.4 is 10.1 Å². The molecule has 1 N–H and O–H groups in total. The minimum absolute atomic E-state index is 0.149. The number of nitriles is 1. The van der Waals surface area contributed by atoms with Crippen LogP contribution in [0.4, 0.5) is 0 Å². The number of hydrogen-bond acceptors (Lipinski definition) is 6. The summed E-state index contributed by atoms with van der Waals surface area (Å²) in [6.45, 7) is 1.82. The summed E-state index contributed by atoms with van der Waals surface area (Å²) in [5, 5.41) is 20.9. The fraction of sp³-hybridized carbons (Fsp3) is 0.474. The number of aromatic nitrogens is 3. The number of methoxy groups -OCH3 is 1. The lowest BCUT2D eigenvalue weighted by molar-refractivity contribution is -0.121. The van der Waals surface area contributed by atoms with Crippen molar-refractivity contribution in [1.82, 2.24) is 20.1 Å². The number of hydrogen-bond donors (Lipinski definition) is 1. The van der Waals surface area contributed by atoms with Gasteiger partial charge in [0.15, 0.2) is 5.16 Å². The quantitative estimate of drug-likeness (QED) is 0.768. The zero-order valence-electron chi connectivity index (χ0n) is 15.5. The summed E-state index contributed by atoms with van der Waals surface area (Å²) < 4.78 is 7.08. The Morgan fingerprint density at radius 2 is 2.19 bits per heavy atom. The standard InChI is InChI=1S/C19H23N5O2S/c1-14(17(25)22-19(12-20)9-4-3-5-10-19)27-18-23-21-13-24(18)15-7-6-8-16(11-15)26-2/h6-8,11,13-14H,3-5,9-10H2,1-2H3,(H,22,25). The van der Waals surface area contributed by atoms with Crippen molar-refractivity contribution >= 4 is 17.7 Å². The van der Waals surface area contributed by atoms with Crippen LogP contribution in [0.3, 0.4) is 0 Å². The molecule has 1 heterocycles. The number of ether oxygens (including phenoxy) is 1. The second kappa shape index (κ2) is 8.44. The van der Waals surface area contributed by atoms with Gasteiger partial charge in [-0.2, -0.15) is 5.26 Å². The maximum Gasteiger partial charge on any atom is 0.234 e. The molecule has 7 nitrogen and oxygen atoms in total. The van der Waals surface area contributed by atoms with Gasteiger partial charge >= 0.3 is 0 Å². The number of nitrogens with one attached hydrogen (secondary N) is 1. The molecule has 1 fully saturated rings. The minimum atomic E-state index is -0.732. The van der Waals surface area contributed by atoms with Crippen LogP contribution in [-0.4, -0.2) is 38.6 Å². The minimum Gasteiger partial charge on any atom is -0.497 e. The lowest BCUT2D eigenvalue weighted by Gasteiger charge is -2.32. The first-order valence-corrected chi connectivity index (χ1v) is 9.89. The Balaban J connectivity index is 1.71. The monoisotopic (exact) mass is 385 g/mol. The van der Waals surface area contributed by atoms with E-state index in [4.69, 9.17) is 4.74 Å². The molecule has 3 rings (SSSR count). The fourth-order valence-corrected chi connectivity index (χ4v) is 4.05. The first kappa shape index (κ1) is 19.2. The third-order valence-corrected chi connectivity index (χ3v) is 5.84. The molecule has 27 heavy (non-hydrogen) atoms. The van der Waals surface area contributed by atoms with Gasteiger partial charge in [0.1, 0.15) is 17.6 Å². The van der Waals surface area contributed by atoms with Crippen molar-refractivity contribution in [2.24, 2.45) is 0 Å². The average Bonchev–Trinajstić information content (AvgIpc) is 3.16. The molecule has 142 valence electrons. The van der Waals surface area contributed by atoms with E-state index in [9.17, 15) is 10.1 Å². The molecule has 0 bridgehead atoms. The third-order valence-electron chi connectivity index (χ3n) is 4.78. The van der Waals surface area contributed by atoms with E-state index in [1.165, 1.54) is 11.8 Å². The zero-order valence-corrected chi connectivity index (χ0v) is 16.3. The molecule has 1 saturated carbocycles. The van der Waals surface area contributed by atoms with Crippen molar-refractivity contribution in [3.63, 3.8) is 0 Å². The zero-order chi connectivity index (χ0) is 19.3. The van der Waals surface area contributed by atoms with Gasteiger partial charge in [0.05, 0.1) is 24.1 Å². The number of benzene rings is 1. The Kier molecular flexibility index (Phi) is 6.01. The number of carbonyl (C=O) groups is 1. The van der Waals surface area contributed by atoms with Crippen molar-refractivity contribution in [2.45, 2.75) is 55.0 Å². The fourth-order valence-electron chi connectivity index (χ4n) is 3.21. The van der Waals surface area contributed by atoms with E-state index in [-0.39, 0.29) is 5.91 Å². The topological polar surface area (TPSA) is 92.8 Å². The number of amides is 1. The largest absolute Gasteiger partial charge is 0.497 e. The van der Waals surface area contributed by atoms with Crippen LogP contribution in [0.5, 0.6) is 5.75 Å². The van der Waals surface area contributed by atoms with E-state index in [1.807, 2.05) is 35.8 Å². The highest BCUT2D eigenvalue weighted by atomic mass is 32.2. The van der Waals surface area contributed by atoms with Crippen molar-refractivity contribution < 1.29 is 9.53 Å². The smallest absolute Gasteiger partial charge is 0.234 e. The van der Waals surface area contributed by atoms with E-state index < -0.39 is 10.8 Å². The predicted molar refractivity (Wildman–Crippen MR) is 103 cm³/mol. The highest BCUT2D eigenvalue weighted by Gasteiger charge is 2.35. The number of rotatable bonds is 6. The van der Waals surface area contributed by atoms with Crippen LogP contribution >= 0.6 is 11.8 Å². The van der Waals surface area contributed by atoms with E-state index in [1.54, 1.807) is 13.4 Å². The van der Waals surface area contributed by atoms with Gasteiger partial charge < -0.3 is 10.1 Å². The molecule has 0 saturated heterocycles. The SMILES string of the molecule is COc1cccc(-n2cnnc2SC(C)C(=O)NC2(C#N)CCCCC2)c1. The molecule has 1 unspecified atom stereocenters. The molecule has 8 heteroatoms. The van der Waals surface area contributed by atoms with Crippen LogP contribution in [0.1, 0.15) is 39.0 Å². The number of thioether (sulfide) groups is 1. The summed E-state index contributed by atoms with van der Waals surface area (Å²) in [5.74, 6) is 0.583. The summed E-state index contributed by atoms with van der Waals surface area (Å²) >= 11 is 1.32. The van der Waals surface area contributed by atoms with Crippen LogP contribution in [0.15, 0.2) is 35.7 Å². The first-order chi connectivity index (χ1) is 13.1. The van der Waals surface area contributed by atoms with Gasteiger partial charge in [-0.05, 0) is 31.9 Å². The van der Waals surface area contributed by atoms with E-state index in [0.717, 1.165) is 30.7 Å². The number of carbonyl (C=O) groups excluding carboxylic acids is 1. The van der Waals surface area contributed by atoms with Crippen LogP contribution in [0.25, 0.3) is 5.69 Å². The average molecular weight is 385 g/mol. The summed E-state index contributed by atoms with van der Waals surface area (Å²) in [4.78, 5) is 12.7. The van der Waals surface area contributed by atoms with Crippen LogP contribution in [0, 0.1) is 11.3 Å².